The highest BCUT2D eigenvalue weighted by molar-refractivity contribution is 5.91. The minimum Gasteiger partial charge on any atom is -0.378 e. The van der Waals surface area contributed by atoms with Crippen LogP contribution >= 0.6 is 0 Å². The van der Waals surface area contributed by atoms with E-state index in [4.69, 9.17) is 0 Å². The molecule has 0 saturated carbocycles. The molecule has 0 saturated heterocycles. The second-order valence-corrected chi connectivity index (χ2v) is 6.85. The Morgan fingerprint density at radius 2 is 1.59 bits per heavy atom. The van der Waals surface area contributed by atoms with Gasteiger partial charge in [-0.3, -0.25) is 9.48 Å². The van der Waals surface area contributed by atoms with Crippen molar-refractivity contribution in [2.45, 2.75) is 26.3 Å². The van der Waals surface area contributed by atoms with Crippen molar-refractivity contribution in [3.8, 4) is 0 Å². The van der Waals surface area contributed by atoms with E-state index < -0.39 is 0 Å². The number of benzene rings is 2. The molecule has 0 unspecified atom stereocenters. The number of aryl methyl sites for hydroxylation is 1. The van der Waals surface area contributed by atoms with Gasteiger partial charge in [-0.25, -0.2) is 0 Å². The predicted molar refractivity (Wildman–Crippen MR) is 110 cm³/mol. The minimum absolute atomic E-state index is 0.0647. The Hall–Kier alpha value is -3.08. The molecule has 1 aromatic heterocycles. The van der Waals surface area contributed by atoms with Crippen molar-refractivity contribution in [2.24, 2.45) is 0 Å². The first kappa shape index (κ1) is 18.7. The van der Waals surface area contributed by atoms with Crippen LogP contribution in [0.4, 0.5) is 11.5 Å². The zero-order valence-corrected chi connectivity index (χ0v) is 16.1. The van der Waals surface area contributed by atoms with E-state index in [9.17, 15) is 4.79 Å². The van der Waals surface area contributed by atoms with Crippen LogP contribution in [0.1, 0.15) is 23.6 Å². The van der Waals surface area contributed by atoms with Crippen molar-refractivity contribution in [3.05, 3.63) is 77.5 Å². The fourth-order valence-corrected chi connectivity index (χ4v) is 2.87. The third kappa shape index (κ3) is 5.20. The SMILES string of the molecule is CCc1ccc(Cn2ccc(NC(=O)Cc3ccc(N(C)C)cc3)n2)cc1. The Morgan fingerprint density at radius 3 is 2.22 bits per heavy atom. The standard InChI is InChI=1S/C22H26N4O/c1-4-17-5-7-19(8-6-17)16-26-14-13-21(24-26)23-22(27)15-18-9-11-20(12-10-18)25(2)3/h5-14H,4,15-16H2,1-3H3,(H,23,24,27). The van der Waals surface area contributed by atoms with Gasteiger partial charge >= 0.3 is 0 Å². The van der Waals surface area contributed by atoms with E-state index in [1.54, 1.807) is 0 Å². The van der Waals surface area contributed by atoms with E-state index >= 15 is 0 Å². The molecule has 27 heavy (non-hydrogen) atoms. The molecule has 3 rings (SSSR count). The molecule has 0 atom stereocenters. The topological polar surface area (TPSA) is 50.2 Å². The lowest BCUT2D eigenvalue weighted by Crippen LogP contribution is -2.15. The molecule has 5 nitrogen and oxygen atoms in total. The van der Waals surface area contributed by atoms with Gasteiger partial charge in [-0.1, -0.05) is 43.3 Å². The van der Waals surface area contributed by atoms with Crippen LogP contribution in [-0.4, -0.2) is 29.8 Å². The Bertz CT molecular complexity index is 879. The summed E-state index contributed by atoms with van der Waals surface area (Å²) in [5.74, 6) is 0.514. The molecule has 2 aromatic carbocycles. The second-order valence-electron chi connectivity index (χ2n) is 6.85. The lowest BCUT2D eigenvalue weighted by molar-refractivity contribution is -0.115. The van der Waals surface area contributed by atoms with E-state index in [1.165, 1.54) is 11.1 Å². The van der Waals surface area contributed by atoms with Gasteiger partial charge < -0.3 is 10.2 Å². The van der Waals surface area contributed by atoms with Crippen LogP contribution in [0.15, 0.2) is 60.8 Å². The van der Waals surface area contributed by atoms with Crippen molar-refractivity contribution in [1.29, 1.82) is 0 Å². The van der Waals surface area contributed by atoms with Crippen LogP contribution in [-0.2, 0) is 24.2 Å². The van der Waals surface area contributed by atoms with E-state index in [1.807, 2.05) is 60.2 Å². The van der Waals surface area contributed by atoms with Gasteiger partial charge in [0.1, 0.15) is 0 Å². The van der Waals surface area contributed by atoms with Gasteiger partial charge in [-0.05, 0) is 35.2 Å². The number of hydrogen-bond donors (Lipinski definition) is 1. The largest absolute Gasteiger partial charge is 0.378 e. The normalized spacial score (nSPS) is 10.6. The van der Waals surface area contributed by atoms with Gasteiger partial charge in [0.05, 0.1) is 13.0 Å². The van der Waals surface area contributed by atoms with Gasteiger partial charge in [-0.15, -0.1) is 0 Å². The zero-order chi connectivity index (χ0) is 19.2. The van der Waals surface area contributed by atoms with E-state index in [0.717, 1.165) is 17.7 Å². The Morgan fingerprint density at radius 1 is 0.963 bits per heavy atom. The highest BCUT2D eigenvalue weighted by Crippen LogP contribution is 2.13. The van der Waals surface area contributed by atoms with Crippen molar-refractivity contribution in [3.63, 3.8) is 0 Å². The number of carbonyl (C=O) groups excluding carboxylic acids is 1. The van der Waals surface area contributed by atoms with Crippen molar-refractivity contribution < 1.29 is 4.79 Å². The van der Waals surface area contributed by atoms with Crippen molar-refractivity contribution in [1.82, 2.24) is 9.78 Å². The predicted octanol–water partition coefficient (Wildman–Crippen LogP) is 3.74. The summed E-state index contributed by atoms with van der Waals surface area (Å²) in [5.41, 5.74) is 4.61. The summed E-state index contributed by atoms with van der Waals surface area (Å²) in [5, 5.41) is 7.32. The maximum Gasteiger partial charge on any atom is 0.229 e. The Labute approximate surface area is 160 Å². The molecule has 0 aliphatic carbocycles. The van der Waals surface area contributed by atoms with Crippen molar-refractivity contribution >= 4 is 17.4 Å². The first-order chi connectivity index (χ1) is 13.0. The summed E-state index contributed by atoms with van der Waals surface area (Å²) in [7, 11) is 3.99. The number of nitrogens with one attached hydrogen (secondary N) is 1. The molecule has 0 fully saturated rings. The average molecular weight is 362 g/mol. The fraction of sp³-hybridized carbons (Fsp3) is 0.273. The van der Waals surface area contributed by atoms with Crippen LogP contribution in [0.25, 0.3) is 0 Å². The lowest BCUT2D eigenvalue weighted by Gasteiger charge is -2.12. The summed E-state index contributed by atoms with van der Waals surface area (Å²) in [6.07, 6.45) is 3.25. The average Bonchev–Trinajstić information content (AvgIpc) is 3.09. The lowest BCUT2D eigenvalue weighted by atomic mass is 10.1. The molecule has 3 aromatic rings. The molecular weight excluding hydrogens is 336 g/mol. The molecule has 0 radical (unpaired) electrons. The van der Waals surface area contributed by atoms with E-state index in [2.05, 4.69) is 41.6 Å². The third-order valence-corrected chi connectivity index (χ3v) is 4.50. The number of nitrogens with zero attached hydrogens (tertiary/aromatic N) is 3. The van der Waals surface area contributed by atoms with Gasteiger partial charge in [0.25, 0.3) is 0 Å². The number of rotatable bonds is 7. The molecule has 140 valence electrons. The summed E-state index contributed by atoms with van der Waals surface area (Å²) in [6.45, 7) is 2.83. The van der Waals surface area contributed by atoms with E-state index in [-0.39, 0.29) is 5.91 Å². The molecule has 0 spiro atoms. The van der Waals surface area contributed by atoms with E-state index in [0.29, 0.717) is 18.8 Å². The quantitative estimate of drug-likeness (QED) is 0.696. The third-order valence-electron chi connectivity index (χ3n) is 4.50. The summed E-state index contributed by atoms with van der Waals surface area (Å²) < 4.78 is 1.84. The molecule has 5 heteroatoms. The fourth-order valence-electron chi connectivity index (χ4n) is 2.87. The monoisotopic (exact) mass is 362 g/mol. The Balaban J connectivity index is 1.55. The maximum absolute atomic E-state index is 12.3. The minimum atomic E-state index is -0.0647. The number of aromatic nitrogens is 2. The molecule has 0 bridgehead atoms. The van der Waals surface area contributed by atoms with Gasteiger partial charge in [0, 0.05) is 32.0 Å². The van der Waals surface area contributed by atoms with Crippen LogP contribution in [0.3, 0.4) is 0 Å². The first-order valence-electron chi connectivity index (χ1n) is 9.21. The van der Waals surface area contributed by atoms with Crippen LogP contribution in [0.5, 0.6) is 0 Å². The van der Waals surface area contributed by atoms with Crippen LogP contribution in [0.2, 0.25) is 0 Å². The van der Waals surface area contributed by atoms with Gasteiger partial charge in [0.15, 0.2) is 5.82 Å². The summed E-state index contributed by atoms with van der Waals surface area (Å²) in [6, 6.07) is 18.3. The molecular formula is C22H26N4O. The van der Waals surface area contributed by atoms with Gasteiger partial charge in [-0.2, -0.15) is 5.10 Å². The van der Waals surface area contributed by atoms with Crippen LogP contribution in [0, 0.1) is 0 Å². The van der Waals surface area contributed by atoms with Crippen LogP contribution < -0.4 is 10.2 Å². The summed E-state index contributed by atoms with van der Waals surface area (Å²) in [4.78, 5) is 14.3. The maximum atomic E-state index is 12.3. The second kappa shape index (κ2) is 8.54. The number of anilines is 2. The summed E-state index contributed by atoms with van der Waals surface area (Å²) >= 11 is 0. The molecule has 0 aliphatic heterocycles. The number of carbonyl (C=O) groups is 1. The molecule has 1 N–H and O–H groups in total. The Kier molecular flexibility index (Phi) is 5.91. The molecule has 1 amide bonds. The first-order valence-corrected chi connectivity index (χ1v) is 9.21. The molecule has 1 heterocycles. The van der Waals surface area contributed by atoms with Gasteiger partial charge in [0.2, 0.25) is 5.91 Å². The highest BCUT2D eigenvalue weighted by Gasteiger charge is 2.07. The molecule has 0 aliphatic rings. The highest BCUT2D eigenvalue weighted by atomic mass is 16.1. The smallest absolute Gasteiger partial charge is 0.229 e. The number of hydrogen-bond acceptors (Lipinski definition) is 3. The number of amides is 1. The van der Waals surface area contributed by atoms with Crippen molar-refractivity contribution in [2.75, 3.05) is 24.3 Å². The zero-order valence-electron chi connectivity index (χ0n) is 16.1.